The number of rotatable bonds is 4. The number of aromatic nitrogens is 3. The lowest BCUT2D eigenvalue weighted by Gasteiger charge is -2.33. The predicted octanol–water partition coefficient (Wildman–Crippen LogP) is 4.04. The summed E-state index contributed by atoms with van der Waals surface area (Å²) in [5, 5.41) is 4.85. The first kappa shape index (κ1) is 20.1. The van der Waals surface area contributed by atoms with Crippen LogP contribution in [0.4, 0.5) is 5.69 Å². The Kier molecular flexibility index (Phi) is 4.73. The number of H-pyrrole nitrogens is 1. The van der Waals surface area contributed by atoms with Crippen molar-refractivity contribution in [1.29, 1.82) is 0 Å². The molecule has 2 aliphatic heterocycles. The number of anilines is 1. The van der Waals surface area contributed by atoms with Crippen LogP contribution in [0.15, 0.2) is 59.4 Å². The maximum absolute atomic E-state index is 13.7. The summed E-state index contributed by atoms with van der Waals surface area (Å²) in [5.74, 6) is 0.753. The third-order valence-corrected chi connectivity index (χ3v) is 6.73. The largest absolute Gasteiger partial charge is 0.497 e. The Hall–Kier alpha value is -3.58. The Morgan fingerprint density at radius 2 is 1.70 bits per heavy atom. The van der Waals surface area contributed by atoms with Crippen LogP contribution >= 0.6 is 0 Å². The second-order valence-corrected chi connectivity index (χ2v) is 8.84. The number of nitrogens with zero attached hydrogens (tertiary/aromatic N) is 3. The van der Waals surface area contributed by atoms with Crippen LogP contribution in [0.25, 0.3) is 28.0 Å². The van der Waals surface area contributed by atoms with Crippen molar-refractivity contribution in [3.05, 3.63) is 70.6 Å². The molecule has 168 valence electrons. The fourth-order valence-electron chi connectivity index (χ4n) is 5.16. The van der Waals surface area contributed by atoms with E-state index < -0.39 is 0 Å². The number of hydrogen-bond acceptors (Lipinski definition) is 5. The summed E-state index contributed by atoms with van der Waals surface area (Å²) in [7, 11) is 1.63. The highest BCUT2D eigenvalue weighted by Gasteiger charge is 2.36. The van der Waals surface area contributed by atoms with Gasteiger partial charge in [-0.25, -0.2) is 0 Å². The van der Waals surface area contributed by atoms with Crippen molar-refractivity contribution in [2.24, 2.45) is 0 Å². The highest BCUT2D eigenvalue weighted by Crippen LogP contribution is 2.38. The van der Waals surface area contributed by atoms with Crippen molar-refractivity contribution in [3.8, 4) is 28.1 Å². The number of nitrogens with one attached hydrogen (secondary N) is 1. The minimum absolute atomic E-state index is 0.133. The molecular weight excluding hydrogens is 416 g/mol. The Bertz CT molecular complexity index is 1360. The van der Waals surface area contributed by atoms with E-state index in [1.54, 1.807) is 7.11 Å². The summed E-state index contributed by atoms with van der Waals surface area (Å²) in [5.41, 5.74) is 5.64. The number of aromatic amines is 1. The van der Waals surface area contributed by atoms with Crippen LogP contribution in [0.2, 0.25) is 0 Å². The fraction of sp³-hybridized carbons (Fsp3) is 0.308. The molecule has 2 unspecified atom stereocenters. The lowest BCUT2D eigenvalue weighted by molar-refractivity contribution is 0.0306. The van der Waals surface area contributed by atoms with Crippen molar-refractivity contribution in [3.63, 3.8) is 0 Å². The van der Waals surface area contributed by atoms with Crippen molar-refractivity contribution < 1.29 is 9.47 Å². The Balaban J connectivity index is 1.57. The maximum atomic E-state index is 13.7. The van der Waals surface area contributed by atoms with Gasteiger partial charge >= 0.3 is 0 Å². The zero-order valence-electron chi connectivity index (χ0n) is 18.7. The molecule has 0 amide bonds. The number of methoxy groups -OCH3 is 1. The van der Waals surface area contributed by atoms with Crippen molar-refractivity contribution in [2.45, 2.75) is 32.0 Å². The van der Waals surface area contributed by atoms with Gasteiger partial charge in [-0.15, -0.1) is 0 Å². The number of fused-ring (bicyclic) bond motifs is 3. The Morgan fingerprint density at radius 3 is 2.36 bits per heavy atom. The van der Waals surface area contributed by atoms with E-state index in [9.17, 15) is 4.79 Å². The first-order valence-electron chi connectivity index (χ1n) is 11.4. The van der Waals surface area contributed by atoms with Gasteiger partial charge in [0.1, 0.15) is 17.1 Å². The van der Waals surface area contributed by atoms with Crippen molar-refractivity contribution in [1.82, 2.24) is 14.6 Å². The summed E-state index contributed by atoms with van der Waals surface area (Å²) in [6.07, 6.45) is 2.62. The van der Waals surface area contributed by atoms with Gasteiger partial charge in [0.2, 0.25) is 0 Å². The molecule has 0 aliphatic carbocycles. The minimum Gasteiger partial charge on any atom is -0.497 e. The smallest absolute Gasteiger partial charge is 0.282 e. The predicted molar refractivity (Wildman–Crippen MR) is 128 cm³/mol. The van der Waals surface area contributed by atoms with E-state index in [1.807, 2.05) is 61.5 Å². The van der Waals surface area contributed by atoms with Gasteiger partial charge in [-0.2, -0.15) is 9.61 Å². The molecule has 0 saturated carbocycles. The summed E-state index contributed by atoms with van der Waals surface area (Å²) in [6, 6.07) is 17.6. The molecule has 2 aromatic heterocycles. The van der Waals surface area contributed by atoms with Crippen molar-refractivity contribution in [2.75, 3.05) is 25.1 Å². The average molecular weight is 443 g/mol. The molecule has 0 radical (unpaired) electrons. The molecule has 2 bridgehead atoms. The Morgan fingerprint density at radius 1 is 1.00 bits per heavy atom. The van der Waals surface area contributed by atoms with Crippen LogP contribution in [0, 0.1) is 6.92 Å². The standard InChI is InChI=1S/C26H26N4O3/c1-16-22(17-8-10-19(32-2)11-9-17)26(31)30-25(27-16)24(23(28-30)18-6-4-3-5-7-18)29-14-20-12-13-21(15-29)33-20/h3-11,20-21,27H,12-15H2,1-2H3. The minimum atomic E-state index is -0.133. The molecule has 7 heteroatoms. The maximum Gasteiger partial charge on any atom is 0.282 e. The highest BCUT2D eigenvalue weighted by atomic mass is 16.5. The molecule has 7 nitrogen and oxygen atoms in total. The van der Waals surface area contributed by atoms with Gasteiger partial charge in [-0.05, 0) is 37.5 Å². The van der Waals surface area contributed by atoms with E-state index in [0.29, 0.717) is 5.56 Å². The third-order valence-electron chi connectivity index (χ3n) is 6.73. The quantitative estimate of drug-likeness (QED) is 0.517. The lowest BCUT2D eigenvalue weighted by Crippen LogP contribution is -2.42. The number of benzene rings is 2. The number of morpholine rings is 1. The van der Waals surface area contributed by atoms with Crippen LogP contribution in [-0.2, 0) is 4.74 Å². The second kappa shape index (κ2) is 7.78. The van der Waals surface area contributed by atoms with Gasteiger partial charge in [0.05, 0.1) is 24.9 Å². The summed E-state index contributed by atoms with van der Waals surface area (Å²) in [4.78, 5) is 19.6. The molecule has 2 aliphatic rings. The summed E-state index contributed by atoms with van der Waals surface area (Å²) in [6.45, 7) is 3.56. The molecule has 4 aromatic rings. The first-order valence-corrected chi connectivity index (χ1v) is 11.4. The SMILES string of the molecule is COc1ccc(-c2c(C)[nH]c3c(N4CC5CCC(C4)O5)c(-c4ccccc4)nn3c2=O)cc1. The van der Waals surface area contributed by atoms with Crippen LogP contribution in [0.1, 0.15) is 18.5 Å². The summed E-state index contributed by atoms with van der Waals surface area (Å²) >= 11 is 0. The zero-order chi connectivity index (χ0) is 22.5. The van der Waals surface area contributed by atoms with Gasteiger partial charge in [0.25, 0.3) is 5.56 Å². The third kappa shape index (κ3) is 3.31. The topological polar surface area (TPSA) is 71.9 Å². The van der Waals surface area contributed by atoms with E-state index in [0.717, 1.165) is 65.5 Å². The van der Waals surface area contributed by atoms with Gasteiger partial charge in [-0.3, -0.25) is 4.79 Å². The molecule has 1 N–H and O–H groups in total. The average Bonchev–Trinajstić information content (AvgIpc) is 3.39. The summed E-state index contributed by atoms with van der Waals surface area (Å²) < 4.78 is 12.9. The molecule has 2 atom stereocenters. The number of aryl methyl sites for hydroxylation is 1. The van der Waals surface area contributed by atoms with E-state index >= 15 is 0 Å². The van der Waals surface area contributed by atoms with Gasteiger partial charge in [0.15, 0.2) is 5.65 Å². The fourth-order valence-corrected chi connectivity index (χ4v) is 5.16. The number of hydrogen-bond donors (Lipinski definition) is 1. The molecule has 6 rings (SSSR count). The molecule has 2 saturated heterocycles. The van der Waals surface area contributed by atoms with E-state index in [2.05, 4.69) is 9.88 Å². The molecule has 2 fully saturated rings. The molecular formula is C26H26N4O3. The lowest BCUT2D eigenvalue weighted by atomic mass is 10.1. The van der Waals surface area contributed by atoms with Gasteiger partial charge in [-0.1, -0.05) is 42.5 Å². The van der Waals surface area contributed by atoms with E-state index in [-0.39, 0.29) is 17.8 Å². The number of ether oxygens (including phenoxy) is 2. The molecule has 0 spiro atoms. The normalized spacial score (nSPS) is 19.9. The van der Waals surface area contributed by atoms with Crippen molar-refractivity contribution >= 4 is 11.3 Å². The zero-order valence-corrected chi connectivity index (χ0v) is 18.7. The van der Waals surface area contributed by atoms with Crippen LogP contribution in [0.3, 0.4) is 0 Å². The monoisotopic (exact) mass is 442 g/mol. The Labute approximate surface area is 191 Å². The molecule has 2 aromatic carbocycles. The molecule has 33 heavy (non-hydrogen) atoms. The highest BCUT2D eigenvalue weighted by molar-refractivity contribution is 5.87. The van der Waals surface area contributed by atoms with Gasteiger partial charge < -0.3 is 19.4 Å². The van der Waals surface area contributed by atoms with E-state index in [1.165, 1.54) is 4.52 Å². The molecule has 4 heterocycles. The van der Waals surface area contributed by atoms with Crippen LogP contribution in [-0.4, -0.2) is 47.0 Å². The second-order valence-electron chi connectivity index (χ2n) is 8.84. The first-order chi connectivity index (χ1) is 16.1. The van der Waals surface area contributed by atoms with E-state index in [4.69, 9.17) is 14.6 Å². The van der Waals surface area contributed by atoms with Gasteiger partial charge in [0, 0.05) is 24.3 Å². The van der Waals surface area contributed by atoms with Crippen LogP contribution < -0.4 is 15.2 Å². The van der Waals surface area contributed by atoms with Crippen LogP contribution in [0.5, 0.6) is 5.75 Å².